The van der Waals surface area contributed by atoms with Crippen LogP contribution >= 0.6 is 11.6 Å². The number of aromatic nitrogens is 4. The van der Waals surface area contributed by atoms with Crippen LogP contribution in [0.3, 0.4) is 0 Å². The summed E-state index contributed by atoms with van der Waals surface area (Å²) in [5.41, 5.74) is 2.80. The molecule has 0 fully saturated rings. The van der Waals surface area contributed by atoms with E-state index in [0.29, 0.717) is 16.6 Å². The molecule has 0 aliphatic heterocycles. The van der Waals surface area contributed by atoms with Crippen molar-refractivity contribution < 1.29 is 4.79 Å². The second-order valence-electron chi connectivity index (χ2n) is 5.80. The van der Waals surface area contributed by atoms with Gasteiger partial charge in [-0.2, -0.15) is 4.98 Å². The van der Waals surface area contributed by atoms with Gasteiger partial charge in [0.05, 0.1) is 12.5 Å². The predicted octanol–water partition coefficient (Wildman–Crippen LogP) is 2.81. The van der Waals surface area contributed by atoms with E-state index < -0.39 is 0 Å². The van der Waals surface area contributed by atoms with Crippen molar-refractivity contribution in [3.8, 4) is 0 Å². The Morgan fingerprint density at radius 2 is 1.96 bits per heavy atom. The summed E-state index contributed by atoms with van der Waals surface area (Å²) in [5.74, 6) is 0.834. The minimum Gasteiger partial charge on any atom is -0.349 e. The molecule has 0 bridgehead atoms. The maximum Gasteiger partial charge on any atom is 0.252 e. The molecule has 124 valence electrons. The van der Waals surface area contributed by atoms with Gasteiger partial charge in [0.1, 0.15) is 0 Å². The Morgan fingerprint density at radius 1 is 1.25 bits per heavy atom. The number of nitrogens with one attached hydrogen (secondary N) is 1. The molecule has 2 aromatic heterocycles. The molecule has 3 rings (SSSR count). The molecule has 0 aliphatic rings. The van der Waals surface area contributed by atoms with Crippen LogP contribution in [0.15, 0.2) is 30.3 Å². The molecule has 0 saturated heterocycles. The first kappa shape index (κ1) is 16.4. The third-order valence-electron chi connectivity index (χ3n) is 3.73. The fraction of sp³-hybridized carbons (Fsp3) is 0.294. The van der Waals surface area contributed by atoms with E-state index in [0.717, 1.165) is 17.0 Å². The second-order valence-corrected chi connectivity index (χ2v) is 6.23. The topological polar surface area (TPSA) is 72.2 Å². The summed E-state index contributed by atoms with van der Waals surface area (Å²) in [6, 6.07) is 9.21. The monoisotopic (exact) mass is 343 g/mol. The number of nitrogens with zero attached hydrogens (tertiary/aromatic N) is 4. The van der Waals surface area contributed by atoms with Gasteiger partial charge in [0.15, 0.2) is 5.82 Å². The molecule has 24 heavy (non-hydrogen) atoms. The highest BCUT2D eigenvalue weighted by Crippen LogP contribution is 2.16. The van der Waals surface area contributed by atoms with Crippen molar-refractivity contribution in [2.24, 2.45) is 0 Å². The van der Waals surface area contributed by atoms with Gasteiger partial charge in [-0.1, -0.05) is 23.7 Å². The van der Waals surface area contributed by atoms with Crippen LogP contribution in [0.4, 0.5) is 0 Å². The highest BCUT2D eigenvalue weighted by molar-refractivity contribution is 6.30. The molecule has 0 aliphatic carbocycles. The van der Waals surface area contributed by atoms with E-state index in [1.807, 2.05) is 39.0 Å². The zero-order chi connectivity index (χ0) is 17.3. The van der Waals surface area contributed by atoms with Crippen molar-refractivity contribution in [2.45, 2.75) is 33.2 Å². The Kier molecular flexibility index (Phi) is 4.49. The number of carbonyl (C=O) groups is 1. The zero-order valence-electron chi connectivity index (χ0n) is 13.7. The SMILES string of the molecule is Cc1cc(C)n2nc(CC(=O)N[C@@H](C)c3ccc(Cl)cc3)nc2n1. The van der Waals surface area contributed by atoms with Crippen LogP contribution in [0.25, 0.3) is 5.78 Å². The summed E-state index contributed by atoms with van der Waals surface area (Å²) in [6.45, 7) is 5.76. The molecule has 0 saturated carbocycles. The van der Waals surface area contributed by atoms with Crippen molar-refractivity contribution in [3.63, 3.8) is 0 Å². The van der Waals surface area contributed by atoms with Gasteiger partial charge in [-0.25, -0.2) is 9.50 Å². The summed E-state index contributed by atoms with van der Waals surface area (Å²) in [4.78, 5) is 20.9. The van der Waals surface area contributed by atoms with E-state index in [1.165, 1.54) is 0 Å². The van der Waals surface area contributed by atoms with E-state index in [-0.39, 0.29) is 18.4 Å². The number of carbonyl (C=O) groups excluding carboxylic acids is 1. The van der Waals surface area contributed by atoms with Gasteiger partial charge in [0.25, 0.3) is 5.78 Å². The summed E-state index contributed by atoms with van der Waals surface area (Å²) in [7, 11) is 0. The molecule has 0 radical (unpaired) electrons. The van der Waals surface area contributed by atoms with Crippen LogP contribution in [0.1, 0.15) is 35.7 Å². The fourth-order valence-electron chi connectivity index (χ4n) is 2.55. The van der Waals surface area contributed by atoms with Crippen LogP contribution in [0.2, 0.25) is 5.02 Å². The van der Waals surface area contributed by atoms with Crippen LogP contribution in [0.5, 0.6) is 0 Å². The average Bonchev–Trinajstić information content (AvgIpc) is 2.90. The molecule has 1 amide bonds. The number of rotatable bonds is 4. The van der Waals surface area contributed by atoms with Crippen LogP contribution < -0.4 is 5.32 Å². The van der Waals surface area contributed by atoms with E-state index in [2.05, 4.69) is 20.4 Å². The van der Waals surface area contributed by atoms with Gasteiger partial charge in [-0.05, 0) is 44.5 Å². The Morgan fingerprint density at radius 3 is 2.67 bits per heavy atom. The molecule has 7 heteroatoms. The second kappa shape index (κ2) is 6.57. The van der Waals surface area contributed by atoms with Crippen molar-refractivity contribution in [2.75, 3.05) is 0 Å². The highest BCUT2D eigenvalue weighted by atomic mass is 35.5. The van der Waals surface area contributed by atoms with Gasteiger partial charge in [-0.15, -0.1) is 5.10 Å². The van der Waals surface area contributed by atoms with Gasteiger partial charge >= 0.3 is 0 Å². The normalized spacial score (nSPS) is 12.3. The fourth-order valence-corrected chi connectivity index (χ4v) is 2.68. The Hall–Kier alpha value is -2.47. The van der Waals surface area contributed by atoms with E-state index in [1.54, 1.807) is 16.6 Å². The third kappa shape index (κ3) is 3.54. The summed E-state index contributed by atoms with van der Waals surface area (Å²) in [5, 5.41) is 7.96. The summed E-state index contributed by atoms with van der Waals surface area (Å²) < 4.78 is 1.65. The molecule has 3 aromatic rings. The number of hydrogen-bond acceptors (Lipinski definition) is 4. The van der Waals surface area contributed by atoms with Gasteiger partial charge in [0.2, 0.25) is 5.91 Å². The van der Waals surface area contributed by atoms with Crippen LogP contribution in [-0.4, -0.2) is 25.5 Å². The predicted molar refractivity (Wildman–Crippen MR) is 92.0 cm³/mol. The van der Waals surface area contributed by atoms with E-state index in [4.69, 9.17) is 11.6 Å². The molecule has 2 heterocycles. The average molecular weight is 344 g/mol. The molecule has 6 nitrogen and oxygen atoms in total. The Labute approximate surface area is 144 Å². The first-order chi connectivity index (χ1) is 11.4. The third-order valence-corrected chi connectivity index (χ3v) is 3.98. The van der Waals surface area contributed by atoms with Crippen molar-refractivity contribution >= 4 is 23.3 Å². The Balaban J connectivity index is 1.70. The molecule has 0 unspecified atom stereocenters. The van der Waals surface area contributed by atoms with Crippen molar-refractivity contribution in [1.29, 1.82) is 0 Å². The number of amides is 1. The summed E-state index contributed by atoms with van der Waals surface area (Å²) in [6.07, 6.45) is 0.111. The molecule has 1 atom stereocenters. The largest absolute Gasteiger partial charge is 0.349 e. The Bertz CT molecular complexity index is 888. The van der Waals surface area contributed by atoms with Crippen LogP contribution in [-0.2, 0) is 11.2 Å². The standard InChI is InChI=1S/C17H18ClN5O/c1-10-8-11(2)23-17(19-10)21-15(22-23)9-16(24)20-12(3)13-4-6-14(18)7-5-13/h4-8,12H,9H2,1-3H3,(H,20,24)/t12-/m0/s1. The smallest absolute Gasteiger partial charge is 0.252 e. The lowest BCUT2D eigenvalue weighted by Gasteiger charge is -2.13. The molecule has 1 aromatic carbocycles. The highest BCUT2D eigenvalue weighted by Gasteiger charge is 2.14. The molecule has 0 spiro atoms. The number of aryl methyl sites for hydroxylation is 2. The lowest BCUT2D eigenvalue weighted by Crippen LogP contribution is -2.28. The summed E-state index contributed by atoms with van der Waals surface area (Å²) >= 11 is 5.88. The van der Waals surface area contributed by atoms with E-state index >= 15 is 0 Å². The number of benzene rings is 1. The van der Waals surface area contributed by atoms with Gasteiger partial charge in [-0.3, -0.25) is 4.79 Å². The van der Waals surface area contributed by atoms with Crippen molar-refractivity contribution in [1.82, 2.24) is 24.9 Å². The number of fused-ring (bicyclic) bond motifs is 1. The minimum atomic E-state index is -0.136. The molecule has 1 N–H and O–H groups in total. The maximum atomic E-state index is 12.2. The lowest BCUT2D eigenvalue weighted by atomic mass is 10.1. The van der Waals surface area contributed by atoms with Crippen molar-refractivity contribution in [3.05, 3.63) is 58.1 Å². The number of hydrogen-bond donors (Lipinski definition) is 1. The van der Waals surface area contributed by atoms with Crippen LogP contribution in [0, 0.1) is 13.8 Å². The van der Waals surface area contributed by atoms with Gasteiger partial charge < -0.3 is 5.32 Å². The van der Waals surface area contributed by atoms with E-state index in [9.17, 15) is 4.79 Å². The minimum absolute atomic E-state index is 0.111. The number of halogens is 1. The quantitative estimate of drug-likeness (QED) is 0.790. The van der Waals surface area contributed by atoms with Gasteiger partial charge in [0, 0.05) is 16.4 Å². The zero-order valence-corrected chi connectivity index (χ0v) is 14.5. The molecular formula is C17H18ClN5O. The maximum absolute atomic E-state index is 12.2. The lowest BCUT2D eigenvalue weighted by molar-refractivity contribution is -0.121. The first-order valence-electron chi connectivity index (χ1n) is 7.67. The molecular weight excluding hydrogens is 326 g/mol. The first-order valence-corrected chi connectivity index (χ1v) is 8.05.